The summed E-state index contributed by atoms with van der Waals surface area (Å²) < 4.78 is 2.21. The number of rotatable bonds is 1. The van der Waals surface area contributed by atoms with E-state index in [9.17, 15) is 0 Å². The van der Waals surface area contributed by atoms with Crippen molar-refractivity contribution in [3.05, 3.63) is 66.5 Å². The third kappa shape index (κ3) is 1.53. The van der Waals surface area contributed by atoms with Crippen molar-refractivity contribution in [3.63, 3.8) is 0 Å². The lowest BCUT2D eigenvalue weighted by atomic mass is 10.2. The number of aromatic nitrogens is 3. The van der Waals surface area contributed by atoms with Crippen LogP contribution in [-0.2, 0) is 0 Å². The first-order chi connectivity index (χ1) is 9.84. The summed E-state index contributed by atoms with van der Waals surface area (Å²) in [6.07, 6.45) is 3.63. The summed E-state index contributed by atoms with van der Waals surface area (Å²) in [5.41, 5.74) is 6.46. The maximum Gasteiger partial charge on any atom is 0.115 e. The minimum absolute atomic E-state index is 0.948. The molecule has 96 valence electrons. The molecule has 20 heavy (non-hydrogen) atoms. The monoisotopic (exact) mass is 259 g/mol. The van der Waals surface area contributed by atoms with E-state index < -0.39 is 0 Å². The Morgan fingerprint density at radius 3 is 1.85 bits per heavy atom. The zero-order valence-electron chi connectivity index (χ0n) is 11.1. The van der Waals surface area contributed by atoms with Crippen molar-refractivity contribution in [2.24, 2.45) is 0 Å². The summed E-state index contributed by atoms with van der Waals surface area (Å²) in [5.74, 6) is 0. The molecule has 0 aliphatic heterocycles. The Balaban J connectivity index is 2.17. The van der Waals surface area contributed by atoms with E-state index in [4.69, 9.17) is 0 Å². The van der Waals surface area contributed by atoms with Crippen LogP contribution >= 0.6 is 0 Å². The molecule has 4 rings (SSSR count). The Morgan fingerprint density at radius 1 is 0.750 bits per heavy atom. The first-order valence-corrected chi connectivity index (χ1v) is 6.62. The highest BCUT2D eigenvalue weighted by Crippen LogP contribution is 2.28. The third-order valence-electron chi connectivity index (χ3n) is 3.57. The lowest BCUT2D eigenvalue weighted by molar-refractivity contribution is 1.17. The van der Waals surface area contributed by atoms with Crippen molar-refractivity contribution in [2.75, 3.05) is 0 Å². The first-order valence-electron chi connectivity index (χ1n) is 6.62. The van der Waals surface area contributed by atoms with Gasteiger partial charge >= 0.3 is 0 Å². The average molecular weight is 259 g/mol. The van der Waals surface area contributed by atoms with Gasteiger partial charge in [0.1, 0.15) is 11.0 Å². The molecule has 4 aromatic rings. The van der Waals surface area contributed by atoms with Crippen LogP contribution in [0.5, 0.6) is 0 Å². The summed E-state index contributed by atoms with van der Waals surface area (Å²) in [6.45, 7) is 2.10. The van der Waals surface area contributed by atoms with Gasteiger partial charge in [0.25, 0.3) is 0 Å². The second-order valence-electron chi connectivity index (χ2n) is 4.91. The smallest absolute Gasteiger partial charge is 0.115 e. The van der Waals surface area contributed by atoms with Crippen LogP contribution in [0.15, 0.2) is 60.9 Å². The van der Waals surface area contributed by atoms with E-state index >= 15 is 0 Å². The number of nitrogens with zero attached hydrogens (tertiary/aromatic N) is 3. The van der Waals surface area contributed by atoms with Gasteiger partial charge in [-0.1, -0.05) is 17.7 Å². The van der Waals surface area contributed by atoms with Gasteiger partial charge < -0.3 is 4.57 Å². The summed E-state index contributed by atoms with van der Waals surface area (Å²) in [6, 6.07) is 16.6. The molecule has 3 aromatic heterocycles. The number of fused-ring (bicyclic) bond motifs is 3. The van der Waals surface area contributed by atoms with Gasteiger partial charge in [-0.2, -0.15) is 0 Å². The van der Waals surface area contributed by atoms with Gasteiger partial charge in [0.05, 0.1) is 11.0 Å². The van der Waals surface area contributed by atoms with E-state index in [2.05, 4.69) is 57.9 Å². The molecule has 0 fully saturated rings. The molecular formula is C17H13N3. The molecule has 0 bridgehead atoms. The quantitative estimate of drug-likeness (QED) is 0.519. The first kappa shape index (κ1) is 11.2. The SMILES string of the molecule is Cc1ccc(-n2c3cccnc3c3ncccc32)cc1. The highest BCUT2D eigenvalue weighted by molar-refractivity contribution is 6.04. The van der Waals surface area contributed by atoms with E-state index in [-0.39, 0.29) is 0 Å². The van der Waals surface area contributed by atoms with Crippen LogP contribution in [0, 0.1) is 6.92 Å². The predicted molar refractivity (Wildman–Crippen MR) is 81.1 cm³/mol. The van der Waals surface area contributed by atoms with Gasteiger partial charge in [-0.15, -0.1) is 0 Å². The van der Waals surface area contributed by atoms with Gasteiger partial charge in [-0.25, -0.2) is 0 Å². The normalized spacial score (nSPS) is 11.2. The second-order valence-corrected chi connectivity index (χ2v) is 4.91. The number of pyridine rings is 2. The molecule has 3 heterocycles. The molecule has 0 amide bonds. The summed E-state index contributed by atoms with van der Waals surface area (Å²) in [4.78, 5) is 8.98. The van der Waals surface area contributed by atoms with E-state index in [0.29, 0.717) is 0 Å². The Hall–Kier alpha value is -2.68. The fourth-order valence-corrected chi connectivity index (χ4v) is 2.62. The van der Waals surface area contributed by atoms with Crippen molar-refractivity contribution in [3.8, 4) is 5.69 Å². The zero-order chi connectivity index (χ0) is 13.5. The largest absolute Gasteiger partial charge is 0.306 e. The Labute approximate surface area is 116 Å². The summed E-state index contributed by atoms with van der Waals surface area (Å²) in [5, 5.41) is 0. The minimum atomic E-state index is 0.948. The standard InChI is InChI=1S/C17H13N3/c1-12-6-8-13(9-7-12)20-14-4-2-10-18-16(14)17-15(20)5-3-11-19-17/h2-11H,1H3. The summed E-state index contributed by atoms with van der Waals surface area (Å²) >= 11 is 0. The molecule has 0 saturated carbocycles. The maximum atomic E-state index is 4.49. The highest BCUT2D eigenvalue weighted by Gasteiger charge is 2.12. The Morgan fingerprint density at radius 2 is 1.30 bits per heavy atom. The molecule has 3 nitrogen and oxygen atoms in total. The second kappa shape index (κ2) is 4.17. The third-order valence-corrected chi connectivity index (χ3v) is 3.57. The molecule has 1 aromatic carbocycles. The number of benzene rings is 1. The van der Waals surface area contributed by atoms with Crippen molar-refractivity contribution >= 4 is 22.1 Å². The molecule has 0 aliphatic rings. The molecular weight excluding hydrogens is 246 g/mol. The molecule has 0 unspecified atom stereocenters. The fraction of sp³-hybridized carbons (Fsp3) is 0.0588. The van der Waals surface area contributed by atoms with Gasteiger partial charge in [0, 0.05) is 18.1 Å². The van der Waals surface area contributed by atoms with E-state index in [1.165, 1.54) is 5.56 Å². The molecule has 0 aliphatic carbocycles. The van der Waals surface area contributed by atoms with Crippen LogP contribution in [0.3, 0.4) is 0 Å². The minimum Gasteiger partial charge on any atom is -0.306 e. The van der Waals surface area contributed by atoms with Crippen molar-refractivity contribution in [1.29, 1.82) is 0 Å². The van der Waals surface area contributed by atoms with Crippen molar-refractivity contribution < 1.29 is 0 Å². The van der Waals surface area contributed by atoms with Gasteiger partial charge in [0.2, 0.25) is 0 Å². The zero-order valence-corrected chi connectivity index (χ0v) is 11.1. The molecule has 0 N–H and O–H groups in total. The molecule has 3 heteroatoms. The van der Waals surface area contributed by atoms with Crippen LogP contribution in [0.2, 0.25) is 0 Å². The van der Waals surface area contributed by atoms with Gasteiger partial charge in [-0.05, 0) is 43.3 Å². The van der Waals surface area contributed by atoms with Crippen LogP contribution in [0.4, 0.5) is 0 Å². The highest BCUT2D eigenvalue weighted by atomic mass is 15.0. The molecule has 0 saturated heterocycles. The fourth-order valence-electron chi connectivity index (χ4n) is 2.62. The van der Waals surface area contributed by atoms with E-state index in [1.54, 1.807) is 0 Å². The average Bonchev–Trinajstić information content (AvgIpc) is 2.83. The van der Waals surface area contributed by atoms with Crippen molar-refractivity contribution in [1.82, 2.24) is 14.5 Å². The van der Waals surface area contributed by atoms with Crippen LogP contribution in [0.1, 0.15) is 5.56 Å². The van der Waals surface area contributed by atoms with Gasteiger partial charge in [-0.3, -0.25) is 9.97 Å². The number of hydrogen-bond donors (Lipinski definition) is 0. The predicted octanol–water partition coefficient (Wildman–Crippen LogP) is 3.88. The number of hydrogen-bond acceptors (Lipinski definition) is 2. The lowest BCUT2D eigenvalue weighted by Gasteiger charge is -2.07. The Kier molecular flexibility index (Phi) is 2.33. The van der Waals surface area contributed by atoms with E-state index in [0.717, 1.165) is 27.8 Å². The molecule has 0 spiro atoms. The van der Waals surface area contributed by atoms with Crippen LogP contribution < -0.4 is 0 Å². The van der Waals surface area contributed by atoms with E-state index in [1.807, 2.05) is 24.5 Å². The molecule has 0 atom stereocenters. The topological polar surface area (TPSA) is 30.7 Å². The lowest BCUT2D eigenvalue weighted by Crippen LogP contribution is -1.93. The molecule has 0 radical (unpaired) electrons. The Bertz CT molecular complexity index is 851. The maximum absolute atomic E-state index is 4.49. The van der Waals surface area contributed by atoms with Crippen LogP contribution in [-0.4, -0.2) is 14.5 Å². The van der Waals surface area contributed by atoms with Gasteiger partial charge in [0.15, 0.2) is 0 Å². The van der Waals surface area contributed by atoms with Crippen molar-refractivity contribution in [2.45, 2.75) is 6.92 Å². The summed E-state index contributed by atoms with van der Waals surface area (Å²) in [7, 11) is 0. The number of aryl methyl sites for hydroxylation is 1. The van der Waals surface area contributed by atoms with Crippen LogP contribution in [0.25, 0.3) is 27.8 Å².